The second-order valence-electron chi connectivity index (χ2n) is 5.34. The van der Waals surface area contributed by atoms with E-state index >= 15 is 0 Å². The van der Waals surface area contributed by atoms with E-state index in [-0.39, 0.29) is 11.5 Å². The van der Waals surface area contributed by atoms with E-state index < -0.39 is 9.84 Å². The molecule has 0 bridgehead atoms. The summed E-state index contributed by atoms with van der Waals surface area (Å²) in [5.74, 6) is 0.0711. The molecule has 0 aliphatic heterocycles. The Kier molecular flexibility index (Phi) is 4.33. The van der Waals surface area contributed by atoms with Gasteiger partial charge in [0.15, 0.2) is 9.84 Å². The van der Waals surface area contributed by atoms with Gasteiger partial charge >= 0.3 is 0 Å². The molecule has 6 heteroatoms. The first-order valence-electron chi connectivity index (χ1n) is 6.94. The summed E-state index contributed by atoms with van der Waals surface area (Å²) >= 11 is 7.38. The van der Waals surface area contributed by atoms with Crippen LogP contribution in [-0.2, 0) is 34.2 Å². The highest BCUT2D eigenvalue weighted by Gasteiger charge is 2.20. The first kappa shape index (κ1) is 15.0. The van der Waals surface area contributed by atoms with Crippen molar-refractivity contribution in [2.75, 3.05) is 0 Å². The standard InChI is InChI=1S/C15H16ClNO2S2/c16-12-7-5-11(6-8-12)9-21(18,19)10-15-17-13-3-1-2-4-14(13)20-15/h5-8H,1-4,9-10H2. The van der Waals surface area contributed by atoms with Crippen LogP contribution in [0.5, 0.6) is 0 Å². The van der Waals surface area contributed by atoms with Gasteiger partial charge < -0.3 is 0 Å². The summed E-state index contributed by atoms with van der Waals surface area (Å²) in [6, 6.07) is 6.95. The Morgan fingerprint density at radius 1 is 1.10 bits per heavy atom. The molecule has 0 amide bonds. The highest BCUT2D eigenvalue weighted by molar-refractivity contribution is 7.89. The molecule has 2 aromatic rings. The lowest BCUT2D eigenvalue weighted by Crippen LogP contribution is -2.07. The highest BCUT2D eigenvalue weighted by Crippen LogP contribution is 2.28. The lowest BCUT2D eigenvalue weighted by Gasteiger charge is -2.06. The molecular formula is C15H16ClNO2S2. The number of thiazole rings is 1. The van der Waals surface area contributed by atoms with Crippen molar-refractivity contribution in [1.82, 2.24) is 4.98 Å². The average Bonchev–Trinajstić information content (AvgIpc) is 2.82. The monoisotopic (exact) mass is 341 g/mol. The third kappa shape index (κ3) is 3.84. The average molecular weight is 342 g/mol. The minimum Gasteiger partial charge on any atom is -0.245 e. The predicted octanol–water partition coefficient (Wildman–Crippen LogP) is 3.79. The van der Waals surface area contributed by atoms with Gasteiger partial charge in [-0.25, -0.2) is 13.4 Å². The Labute approximate surface area is 133 Å². The molecule has 1 aliphatic carbocycles. The van der Waals surface area contributed by atoms with Crippen molar-refractivity contribution in [3.8, 4) is 0 Å². The zero-order valence-corrected chi connectivity index (χ0v) is 13.9. The van der Waals surface area contributed by atoms with Crippen molar-refractivity contribution >= 4 is 32.8 Å². The molecule has 0 atom stereocenters. The van der Waals surface area contributed by atoms with E-state index in [1.54, 1.807) is 35.6 Å². The summed E-state index contributed by atoms with van der Waals surface area (Å²) in [4.78, 5) is 5.79. The number of sulfone groups is 1. The van der Waals surface area contributed by atoms with Crippen molar-refractivity contribution in [1.29, 1.82) is 0 Å². The third-order valence-corrected chi connectivity index (χ3v) is 6.61. The summed E-state index contributed by atoms with van der Waals surface area (Å²) in [7, 11) is -3.20. The SMILES string of the molecule is O=S(=O)(Cc1ccc(Cl)cc1)Cc1nc2c(s1)CCCC2. The minimum absolute atomic E-state index is 0.0350. The second-order valence-corrected chi connectivity index (χ2v) is 9.01. The number of nitrogens with zero attached hydrogens (tertiary/aromatic N) is 1. The summed E-state index contributed by atoms with van der Waals surface area (Å²) in [6.45, 7) is 0. The van der Waals surface area contributed by atoms with Crippen LogP contribution in [-0.4, -0.2) is 13.4 Å². The third-order valence-electron chi connectivity index (χ3n) is 3.53. The second kappa shape index (κ2) is 6.07. The largest absolute Gasteiger partial charge is 0.245 e. The van der Waals surface area contributed by atoms with Gasteiger partial charge in [0.2, 0.25) is 0 Å². The fraction of sp³-hybridized carbons (Fsp3) is 0.400. The van der Waals surface area contributed by atoms with Crippen LogP contribution in [0.3, 0.4) is 0 Å². The van der Waals surface area contributed by atoms with Crippen LogP contribution in [0, 0.1) is 0 Å². The Morgan fingerprint density at radius 3 is 2.52 bits per heavy atom. The van der Waals surface area contributed by atoms with Crippen molar-refractivity contribution in [2.24, 2.45) is 0 Å². The Morgan fingerprint density at radius 2 is 1.81 bits per heavy atom. The van der Waals surface area contributed by atoms with Crippen LogP contribution in [0.1, 0.15) is 34.0 Å². The molecule has 0 N–H and O–H groups in total. The number of fused-ring (bicyclic) bond motifs is 1. The number of rotatable bonds is 4. The zero-order chi connectivity index (χ0) is 14.9. The van der Waals surface area contributed by atoms with Crippen molar-refractivity contribution in [2.45, 2.75) is 37.2 Å². The van der Waals surface area contributed by atoms with E-state index in [1.165, 1.54) is 11.3 Å². The molecule has 0 unspecified atom stereocenters. The fourth-order valence-corrected chi connectivity index (χ4v) is 5.64. The van der Waals surface area contributed by atoms with Crippen LogP contribution >= 0.6 is 22.9 Å². The maximum absolute atomic E-state index is 12.3. The molecule has 1 aromatic carbocycles. The Bertz CT molecular complexity index is 712. The number of hydrogen-bond donors (Lipinski definition) is 0. The van der Waals surface area contributed by atoms with Gasteiger partial charge in [0.05, 0.1) is 11.4 Å². The molecule has 3 nitrogen and oxygen atoms in total. The summed E-state index contributed by atoms with van der Waals surface area (Å²) in [6.07, 6.45) is 4.38. The fourth-order valence-electron chi connectivity index (χ4n) is 2.54. The number of aryl methyl sites for hydroxylation is 2. The van der Waals surface area contributed by atoms with E-state index in [2.05, 4.69) is 4.98 Å². The molecule has 0 spiro atoms. The Balaban J connectivity index is 1.73. The van der Waals surface area contributed by atoms with E-state index in [4.69, 9.17) is 11.6 Å². The topological polar surface area (TPSA) is 47.0 Å². The van der Waals surface area contributed by atoms with E-state index in [0.29, 0.717) is 5.02 Å². The normalized spacial score (nSPS) is 14.9. The van der Waals surface area contributed by atoms with Gasteiger partial charge in [-0.2, -0.15) is 0 Å². The van der Waals surface area contributed by atoms with Gasteiger partial charge in [0, 0.05) is 9.90 Å². The molecule has 3 rings (SSSR count). The number of hydrogen-bond acceptors (Lipinski definition) is 4. The van der Waals surface area contributed by atoms with Gasteiger partial charge in [0.1, 0.15) is 10.8 Å². The Hall–Kier alpha value is -0.910. The predicted molar refractivity (Wildman–Crippen MR) is 86.5 cm³/mol. The van der Waals surface area contributed by atoms with Gasteiger partial charge in [-0.05, 0) is 43.4 Å². The first-order chi connectivity index (χ1) is 10.0. The van der Waals surface area contributed by atoms with E-state index in [0.717, 1.165) is 35.5 Å². The smallest absolute Gasteiger partial charge is 0.160 e. The quantitative estimate of drug-likeness (QED) is 0.850. The van der Waals surface area contributed by atoms with Crippen LogP contribution in [0.15, 0.2) is 24.3 Å². The minimum atomic E-state index is -3.20. The van der Waals surface area contributed by atoms with Crippen LogP contribution in [0.25, 0.3) is 0 Å². The van der Waals surface area contributed by atoms with E-state index in [1.807, 2.05) is 0 Å². The number of halogens is 1. The van der Waals surface area contributed by atoms with Crippen LogP contribution in [0.4, 0.5) is 0 Å². The van der Waals surface area contributed by atoms with Crippen molar-refractivity contribution < 1.29 is 8.42 Å². The number of aromatic nitrogens is 1. The number of benzene rings is 1. The van der Waals surface area contributed by atoms with Crippen molar-refractivity contribution in [3.63, 3.8) is 0 Å². The molecule has 0 radical (unpaired) electrons. The maximum Gasteiger partial charge on any atom is 0.160 e. The summed E-state index contributed by atoms with van der Waals surface area (Å²) in [5.41, 5.74) is 1.88. The summed E-state index contributed by atoms with van der Waals surface area (Å²) < 4.78 is 24.6. The molecule has 0 saturated heterocycles. The van der Waals surface area contributed by atoms with Crippen molar-refractivity contribution in [3.05, 3.63) is 50.4 Å². The molecular weight excluding hydrogens is 326 g/mol. The van der Waals surface area contributed by atoms with E-state index in [9.17, 15) is 8.42 Å². The van der Waals surface area contributed by atoms with Gasteiger partial charge in [-0.3, -0.25) is 0 Å². The molecule has 112 valence electrons. The maximum atomic E-state index is 12.3. The van der Waals surface area contributed by atoms with Gasteiger partial charge in [-0.15, -0.1) is 11.3 Å². The molecule has 1 aromatic heterocycles. The highest BCUT2D eigenvalue weighted by atomic mass is 35.5. The lowest BCUT2D eigenvalue weighted by atomic mass is 10.0. The van der Waals surface area contributed by atoms with Gasteiger partial charge in [-0.1, -0.05) is 23.7 Å². The molecule has 0 fully saturated rings. The summed E-state index contributed by atoms with van der Waals surface area (Å²) in [5, 5.41) is 1.35. The zero-order valence-electron chi connectivity index (χ0n) is 11.5. The molecule has 21 heavy (non-hydrogen) atoms. The van der Waals surface area contributed by atoms with Crippen LogP contribution < -0.4 is 0 Å². The lowest BCUT2D eigenvalue weighted by molar-refractivity contribution is 0.594. The first-order valence-corrected chi connectivity index (χ1v) is 9.96. The van der Waals surface area contributed by atoms with Gasteiger partial charge in [0.25, 0.3) is 0 Å². The molecule has 1 heterocycles. The molecule has 1 aliphatic rings. The molecule has 0 saturated carbocycles. The van der Waals surface area contributed by atoms with Crippen LogP contribution in [0.2, 0.25) is 5.02 Å².